The first-order chi connectivity index (χ1) is 9.51. The minimum absolute atomic E-state index is 0.139. The maximum atomic E-state index is 12.1. The lowest BCUT2D eigenvalue weighted by molar-refractivity contribution is 0.601. The first-order valence-corrected chi connectivity index (χ1v) is 9.42. The number of hydrogen-bond acceptors (Lipinski definition) is 6. The lowest BCUT2D eigenvalue weighted by Gasteiger charge is -2.04. The van der Waals surface area contributed by atoms with Crippen molar-refractivity contribution in [1.82, 2.24) is 10.2 Å². The normalized spacial score (nSPS) is 11.5. The van der Waals surface area contributed by atoms with Gasteiger partial charge in [0.05, 0.1) is 4.90 Å². The summed E-state index contributed by atoms with van der Waals surface area (Å²) in [6.07, 6.45) is 1.02. The number of halogens is 1. The van der Waals surface area contributed by atoms with Crippen molar-refractivity contribution in [1.29, 1.82) is 0 Å². The van der Waals surface area contributed by atoms with Crippen molar-refractivity contribution < 1.29 is 8.42 Å². The number of sulfonamides is 1. The zero-order valence-electron chi connectivity index (χ0n) is 10.5. The molecule has 1 aromatic heterocycles. The second-order valence-electron chi connectivity index (χ2n) is 3.78. The molecule has 0 spiro atoms. The van der Waals surface area contributed by atoms with Gasteiger partial charge in [0.1, 0.15) is 0 Å². The first kappa shape index (κ1) is 15.6. The van der Waals surface area contributed by atoms with Crippen LogP contribution in [0.25, 0.3) is 0 Å². The van der Waals surface area contributed by atoms with Crippen molar-refractivity contribution >= 4 is 49.9 Å². The van der Waals surface area contributed by atoms with Gasteiger partial charge in [-0.3, -0.25) is 4.72 Å². The highest BCUT2D eigenvalue weighted by molar-refractivity contribution is 8.01. The van der Waals surface area contributed by atoms with Crippen molar-refractivity contribution in [3.05, 3.63) is 29.3 Å². The van der Waals surface area contributed by atoms with E-state index >= 15 is 0 Å². The molecule has 1 heterocycles. The van der Waals surface area contributed by atoms with Gasteiger partial charge >= 0.3 is 0 Å². The molecule has 0 aliphatic carbocycles. The van der Waals surface area contributed by atoms with Crippen LogP contribution in [0, 0.1) is 0 Å². The summed E-state index contributed by atoms with van der Waals surface area (Å²) < 4.78 is 27.4. The van der Waals surface area contributed by atoms with E-state index < -0.39 is 10.0 Å². The second-order valence-corrected chi connectivity index (χ2v) is 8.22. The van der Waals surface area contributed by atoms with Gasteiger partial charge in [-0.05, 0) is 30.7 Å². The van der Waals surface area contributed by atoms with Gasteiger partial charge in [0.2, 0.25) is 5.13 Å². The summed E-state index contributed by atoms with van der Waals surface area (Å²) in [4.78, 5) is 0.139. The molecular formula is C11H12ClN3O2S3. The molecule has 9 heteroatoms. The second kappa shape index (κ2) is 6.75. The van der Waals surface area contributed by atoms with E-state index in [1.54, 1.807) is 11.8 Å². The van der Waals surface area contributed by atoms with Crippen LogP contribution in [0.2, 0.25) is 5.02 Å². The molecule has 1 N–H and O–H groups in total. The molecule has 0 unspecified atom stereocenters. The average molecular weight is 350 g/mol. The number of aromatic nitrogens is 2. The molecule has 0 saturated carbocycles. The zero-order chi connectivity index (χ0) is 14.6. The van der Waals surface area contributed by atoms with Crippen LogP contribution in [0.3, 0.4) is 0 Å². The Morgan fingerprint density at radius 3 is 2.65 bits per heavy atom. The van der Waals surface area contributed by atoms with Crippen LogP contribution in [-0.2, 0) is 10.0 Å². The van der Waals surface area contributed by atoms with Gasteiger partial charge in [-0.15, -0.1) is 10.2 Å². The van der Waals surface area contributed by atoms with Crippen LogP contribution in [0.15, 0.2) is 33.5 Å². The van der Waals surface area contributed by atoms with E-state index in [1.807, 2.05) is 0 Å². The van der Waals surface area contributed by atoms with E-state index in [9.17, 15) is 8.42 Å². The highest BCUT2D eigenvalue weighted by Crippen LogP contribution is 2.27. The van der Waals surface area contributed by atoms with Crippen molar-refractivity contribution in [3.8, 4) is 0 Å². The predicted molar refractivity (Wildman–Crippen MR) is 83.2 cm³/mol. The number of anilines is 1. The van der Waals surface area contributed by atoms with Crippen LogP contribution in [0.5, 0.6) is 0 Å². The summed E-state index contributed by atoms with van der Waals surface area (Å²) in [5.41, 5.74) is 0. The summed E-state index contributed by atoms with van der Waals surface area (Å²) in [6.45, 7) is 2.07. The first-order valence-electron chi connectivity index (χ1n) is 5.76. The van der Waals surface area contributed by atoms with Gasteiger partial charge < -0.3 is 0 Å². The molecule has 108 valence electrons. The fraction of sp³-hybridized carbons (Fsp3) is 0.273. The maximum absolute atomic E-state index is 12.1. The number of nitrogens with one attached hydrogen (secondary N) is 1. The molecule has 0 radical (unpaired) electrons. The van der Waals surface area contributed by atoms with Gasteiger partial charge in [0.25, 0.3) is 10.0 Å². The monoisotopic (exact) mass is 349 g/mol. The molecule has 20 heavy (non-hydrogen) atoms. The Hall–Kier alpha value is -0.830. The molecule has 0 fully saturated rings. The van der Waals surface area contributed by atoms with Crippen molar-refractivity contribution in [2.45, 2.75) is 22.6 Å². The largest absolute Gasteiger partial charge is 0.263 e. The molecule has 0 bridgehead atoms. The van der Waals surface area contributed by atoms with Crippen LogP contribution in [0.1, 0.15) is 13.3 Å². The van der Waals surface area contributed by atoms with E-state index in [0.29, 0.717) is 5.02 Å². The van der Waals surface area contributed by atoms with E-state index in [1.165, 1.54) is 35.6 Å². The fourth-order valence-corrected chi connectivity index (χ4v) is 4.32. The summed E-state index contributed by atoms with van der Waals surface area (Å²) in [7, 11) is -3.65. The van der Waals surface area contributed by atoms with Crippen molar-refractivity contribution in [3.63, 3.8) is 0 Å². The molecule has 0 aliphatic heterocycles. The Kier molecular flexibility index (Phi) is 5.25. The summed E-state index contributed by atoms with van der Waals surface area (Å²) in [5, 5.41) is 8.50. The van der Waals surface area contributed by atoms with E-state index in [4.69, 9.17) is 11.6 Å². The van der Waals surface area contributed by atoms with Gasteiger partial charge in [-0.25, -0.2) is 8.42 Å². The van der Waals surface area contributed by atoms with Gasteiger partial charge in [-0.1, -0.05) is 41.6 Å². The van der Waals surface area contributed by atoms with E-state index in [2.05, 4.69) is 21.8 Å². The molecule has 5 nitrogen and oxygen atoms in total. The van der Waals surface area contributed by atoms with Crippen molar-refractivity contribution in [2.24, 2.45) is 0 Å². The zero-order valence-corrected chi connectivity index (χ0v) is 13.7. The van der Waals surface area contributed by atoms with Gasteiger partial charge in [0, 0.05) is 10.8 Å². The third-order valence-electron chi connectivity index (χ3n) is 2.18. The van der Waals surface area contributed by atoms with E-state index in [-0.39, 0.29) is 10.0 Å². The van der Waals surface area contributed by atoms with Crippen LogP contribution in [-0.4, -0.2) is 24.4 Å². The Bertz CT molecular complexity index is 670. The summed E-state index contributed by atoms with van der Waals surface area (Å²) in [6, 6.07) is 5.94. The summed E-state index contributed by atoms with van der Waals surface area (Å²) >= 11 is 8.52. The molecule has 0 atom stereocenters. The Morgan fingerprint density at radius 1 is 1.30 bits per heavy atom. The minimum Gasteiger partial charge on any atom is -0.253 e. The Balaban J connectivity index is 2.12. The van der Waals surface area contributed by atoms with Crippen LogP contribution in [0.4, 0.5) is 5.13 Å². The van der Waals surface area contributed by atoms with E-state index in [0.717, 1.165) is 16.5 Å². The molecular weight excluding hydrogens is 338 g/mol. The highest BCUT2D eigenvalue weighted by atomic mass is 35.5. The Labute approximate surface area is 130 Å². The summed E-state index contributed by atoms with van der Waals surface area (Å²) in [5.74, 6) is 0.929. The third-order valence-corrected chi connectivity index (χ3v) is 6.10. The molecule has 2 aromatic rings. The number of hydrogen-bond donors (Lipinski definition) is 1. The standard InChI is InChI=1S/C11H12ClN3O2S3/c1-2-7-18-11-14-13-10(19-11)15-20(16,17)9-5-3-8(12)4-6-9/h3-6H,2,7H2,1H3,(H,13,15). The molecule has 0 amide bonds. The molecule has 0 saturated heterocycles. The van der Waals surface area contributed by atoms with Gasteiger partial charge in [-0.2, -0.15) is 0 Å². The fourth-order valence-electron chi connectivity index (χ4n) is 1.29. The molecule has 0 aliphatic rings. The topological polar surface area (TPSA) is 72.0 Å². The SMILES string of the molecule is CCCSc1nnc(NS(=O)(=O)c2ccc(Cl)cc2)s1. The van der Waals surface area contributed by atoms with Crippen LogP contribution >= 0.6 is 34.7 Å². The van der Waals surface area contributed by atoms with Gasteiger partial charge in [0.15, 0.2) is 4.34 Å². The number of nitrogens with zero attached hydrogens (tertiary/aromatic N) is 2. The minimum atomic E-state index is -3.65. The smallest absolute Gasteiger partial charge is 0.253 e. The average Bonchev–Trinajstić information content (AvgIpc) is 2.83. The lowest BCUT2D eigenvalue weighted by Crippen LogP contribution is -2.12. The maximum Gasteiger partial charge on any atom is 0.263 e. The number of thioether (sulfide) groups is 1. The molecule has 2 rings (SSSR count). The highest BCUT2D eigenvalue weighted by Gasteiger charge is 2.16. The lowest BCUT2D eigenvalue weighted by atomic mass is 10.4. The number of rotatable bonds is 6. The third kappa shape index (κ3) is 4.08. The molecule has 1 aromatic carbocycles. The quantitative estimate of drug-likeness (QED) is 0.808. The Morgan fingerprint density at radius 2 is 2.00 bits per heavy atom. The van der Waals surface area contributed by atoms with Crippen molar-refractivity contribution in [2.75, 3.05) is 10.5 Å². The van der Waals surface area contributed by atoms with Crippen LogP contribution < -0.4 is 4.72 Å². The number of benzene rings is 1. The predicted octanol–water partition coefficient (Wildman–Crippen LogP) is 3.49.